The van der Waals surface area contributed by atoms with E-state index in [2.05, 4.69) is 30.2 Å². The number of H-pyrrole nitrogens is 1. The summed E-state index contributed by atoms with van der Waals surface area (Å²) in [5.41, 5.74) is 2.59. The number of nitrogens with zero attached hydrogens (tertiary/aromatic N) is 4. The van der Waals surface area contributed by atoms with E-state index in [-0.39, 0.29) is 17.9 Å². The second-order valence-corrected chi connectivity index (χ2v) is 6.72. The fourth-order valence-electron chi connectivity index (χ4n) is 3.53. The third-order valence-corrected chi connectivity index (χ3v) is 4.95. The molecule has 1 saturated heterocycles. The predicted octanol–water partition coefficient (Wildman–Crippen LogP) is 2.45. The lowest BCUT2D eigenvalue weighted by Gasteiger charge is -2.33. The minimum Gasteiger partial charge on any atom is -0.354 e. The van der Waals surface area contributed by atoms with E-state index in [0.717, 1.165) is 36.3 Å². The summed E-state index contributed by atoms with van der Waals surface area (Å²) in [7, 11) is 0. The van der Waals surface area contributed by atoms with Gasteiger partial charge in [0.25, 0.3) is 0 Å². The van der Waals surface area contributed by atoms with Crippen molar-refractivity contribution in [3.63, 3.8) is 0 Å². The van der Waals surface area contributed by atoms with E-state index in [1.807, 2.05) is 37.3 Å². The van der Waals surface area contributed by atoms with Gasteiger partial charge in [0.15, 0.2) is 11.5 Å². The summed E-state index contributed by atoms with van der Waals surface area (Å²) < 4.78 is 0. The number of anilines is 1. The summed E-state index contributed by atoms with van der Waals surface area (Å²) in [6, 6.07) is 10.0. The van der Waals surface area contributed by atoms with Gasteiger partial charge < -0.3 is 15.2 Å². The molecule has 134 valence electrons. The van der Waals surface area contributed by atoms with Crippen molar-refractivity contribution in [2.45, 2.75) is 25.8 Å². The molecule has 1 aliphatic heterocycles. The van der Waals surface area contributed by atoms with Gasteiger partial charge in [0, 0.05) is 13.1 Å². The first-order valence-corrected chi connectivity index (χ1v) is 8.96. The number of imidazole rings is 1. The Morgan fingerprint density at radius 1 is 1.27 bits per heavy atom. The molecule has 3 heterocycles. The Kier molecular flexibility index (Phi) is 4.51. The van der Waals surface area contributed by atoms with Crippen LogP contribution in [0.25, 0.3) is 11.2 Å². The van der Waals surface area contributed by atoms with Gasteiger partial charge in [-0.05, 0) is 25.3 Å². The van der Waals surface area contributed by atoms with E-state index in [1.54, 1.807) is 6.33 Å². The summed E-state index contributed by atoms with van der Waals surface area (Å²) in [4.78, 5) is 30.8. The van der Waals surface area contributed by atoms with Crippen molar-refractivity contribution in [2.75, 3.05) is 18.0 Å². The number of amides is 1. The summed E-state index contributed by atoms with van der Waals surface area (Å²) in [6.07, 6.45) is 5.00. The van der Waals surface area contributed by atoms with E-state index in [1.165, 1.54) is 6.33 Å². The van der Waals surface area contributed by atoms with Gasteiger partial charge in [0.1, 0.15) is 11.8 Å². The Hall–Kier alpha value is -2.96. The molecule has 2 N–H and O–H groups in total. The highest BCUT2D eigenvalue weighted by atomic mass is 16.2. The topological polar surface area (TPSA) is 86.8 Å². The van der Waals surface area contributed by atoms with Gasteiger partial charge in [-0.15, -0.1) is 0 Å². The normalized spacial score (nSPS) is 18.7. The van der Waals surface area contributed by atoms with Crippen LogP contribution in [0.5, 0.6) is 0 Å². The number of benzene rings is 1. The number of nitrogens with one attached hydrogen (secondary N) is 2. The number of aromatic amines is 1. The molecule has 1 aromatic carbocycles. The molecule has 2 atom stereocenters. The SMILES string of the molecule is CC(NC(=O)C1CCCN(c2ncnc3nc[nH]c23)C1)c1ccccc1. The maximum Gasteiger partial charge on any atom is 0.225 e. The Morgan fingerprint density at radius 2 is 2.12 bits per heavy atom. The fourth-order valence-corrected chi connectivity index (χ4v) is 3.53. The van der Waals surface area contributed by atoms with Crippen LogP contribution in [0.15, 0.2) is 43.0 Å². The highest BCUT2D eigenvalue weighted by Crippen LogP contribution is 2.26. The summed E-state index contributed by atoms with van der Waals surface area (Å²) in [5.74, 6) is 0.866. The monoisotopic (exact) mass is 350 g/mol. The average molecular weight is 350 g/mol. The second kappa shape index (κ2) is 7.11. The molecule has 1 amide bonds. The molecule has 2 aromatic heterocycles. The maximum atomic E-state index is 12.8. The molecule has 4 rings (SSSR count). The Bertz CT molecular complexity index is 893. The minimum atomic E-state index is -0.0529. The Balaban J connectivity index is 1.46. The zero-order valence-electron chi connectivity index (χ0n) is 14.7. The zero-order chi connectivity index (χ0) is 17.9. The molecule has 2 unspecified atom stereocenters. The van der Waals surface area contributed by atoms with Gasteiger partial charge >= 0.3 is 0 Å². The van der Waals surface area contributed by atoms with Crippen LogP contribution in [0.3, 0.4) is 0 Å². The van der Waals surface area contributed by atoms with Crippen LogP contribution >= 0.6 is 0 Å². The quantitative estimate of drug-likeness (QED) is 0.755. The summed E-state index contributed by atoms with van der Waals surface area (Å²) in [6.45, 7) is 3.55. The third kappa shape index (κ3) is 3.24. The van der Waals surface area contributed by atoms with Crippen molar-refractivity contribution >= 4 is 22.9 Å². The van der Waals surface area contributed by atoms with Crippen molar-refractivity contribution in [1.82, 2.24) is 25.3 Å². The highest BCUT2D eigenvalue weighted by molar-refractivity contribution is 5.84. The number of hydrogen-bond acceptors (Lipinski definition) is 5. The first-order valence-electron chi connectivity index (χ1n) is 8.96. The maximum absolute atomic E-state index is 12.8. The number of rotatable bonds is 4. The molecule has 26 heavy (non-hydrogen) atoms. The molecule has 0 aliphatic carbocycles. The number of piperidine rings is 1. The van der Waals surface area contributed by atoms with Crippen molar-refractivity contribution in [3.8, 4) is 0 Å². The third-order valence-electron chi connectivity index (χ3n) is 4.95. The number of hydrogen-bond donors (Lipinski definition) is 2. The van der Waals surface area contributed by atoms with Crippen molar-refractivity contribution in [1.29, 1.82) is 0 Å². The Labute approximate surface area is 151 Å². The van der Waals surface area contributed by atoms with Gasteiger partial charge in [-0.25, -0.2) is 15.0 Å². The molecule has 0 spiro atoms. The van der Waals surface area contributed by atoms with Gasteiger partial charge in [-0.1, -0.05) is 30.3 Å². The van der Waals surface area contributed by atoms with Crippen molar-refractivity contribution in [2.24, 2.45) is 5.92 Å². The average Bonchev–Trinajstić information content (AvgIpc) is 3.17. The van der Waals surface area contributed by atoms with E-state index >= 15 is 0 Å². The first kappa shape index (κ1) is 16.5. The first-order chi connectivity index (χ1) is 12.7. The van der Waals surface area contributed by atoms with Gasteiger partial charge in [0.2, 0.25) is 5.91 Å². The zero-order valence-corrected chi connectivity index (χ0v) is 14.7. The molecule has 1 fully saturated rings. The van der Waals surface area contributed by atoms with E-state index in [0.29, 0.717) is 12.2 Å². The standard InChI is InChI=1S/C19H22N6O/c1-13(14-6-3-2-4-7-14)24-19(26)15-8-5-9-25(10-15)18-16-17(21-11-20-16)22-12-23-18/h2-4,6-7,11-13,15H,5,8-10H2,1H3,(H,24,26)(H,20,21,22,23). The molecule has 0 bridgehead atoms. The van der Waals surface area contributed by atoms with Crippen LogP contribution in [0.2, 0.25) is 0 Å². The largest absolute Gasteiger partial charge is 0.354 e. The van der Waals surface area contributed by atoms with Gasteiger partial charge in [0.05, 0.1) is 18.3 Å². The molecule has 0 saturated carbocycles. The molecular weight excluding hydrogens is 328 g/mol. The van der Waals surface area contributed by atoms with E-state index in [9.17, 15) is 4.79 Å². The van der Waals surface area contributed by atoms with Crippen LogP contribution in [0.4, 0.5) is 5.82 Å². The lowest BCUT2D eigenvalue weighted by molar-refractivity contribution is -0.125. The smallest absolute Gasteiger partial charge is 0.225 e. The number of aromatic nitrogens is 4. The molecule has 7 heteroatoms. The lowest BCUT2D eigenvalue weighted by Crippen LogP contribution is -2.44. The van der Waals surface area contributed by atoms with Crippen LogP contribution in [0.1, 0.15) is 31.4 Å². The van der Waals surface area contributed by atoms with Crippen molar-refractivity contribution in [3.05, 3.63) is 48.5 Å². The second-order valence-electron chi connectivity index (χ2n) is 6.72. The fraction of sp³-hybridized carbons (Fsp3) is 0.368. The number of fused-ring (bicyclic) bond motifs is 1. The Morgan fingerprint density at radius 3 is 2.96 bits per heavy atom. The van der Waals surface area contributed by atoms with Crippen LogP contribution < -0.4 is 10.2 Å². The molecule has 3 aromatic rings. The predicted molar refractivity (Wildman–Crippen MR) is 99.6 cm³/mol. The van der Waals surface area contributed by atoms with Gasteiger partial charge in [-0.2, -0.15) is 0 Å². The molecule has 0 radical (unpaired) electrons. The van der Waals surface area contributed by atoms with Crippen molar-refractivity contribution < 1.29 is 4.79 Å². The van der Waals surface area contributed by atoms with Gasteiger partial charge in [-0.3, -0.25) is 4.79 Å². The van der Waals surface area contributed by atoms with Crippen LogP contribution in [-0.2, 0) is 4.79 Å². The number of carbonyl (C=O) groups is 1. The minimum absolute atomic E-state index is 0.00237. The summed E-state index contributed by atoms with van der Waals surface area (Å²) >= 11 is 0. The summed E-state index contributed by atoms with van der Waals surface area (Å²) in [5, 5.41) is 3.15. The van der Waals surface area contributed by atoms with Crippen LogP contribution in [0, 0.1) is 5.92 Å². The molecule has 1 aliphatic rings. The number of carbonyl (C=O) groups excluding carboxylic acids is 1. The van der Waals surface area contributed by atoms with E-state index < -0.39 is 0 Å². The molecular formula is C19H22N6O. The molecule has 7 nitrogen and oxygen atoms in total. The van der Waals surface area contributed by atoms with E-state index in [4.69, 9.17) is 0 Å². The lowest BCUT2D eigenvalue weighted by atomic mass is 9.96. The highest BCUT2D eigenvalue weighted by Gasteiger charge is 2.28. The van der Waals surface area contributed by atoms with Crippen LogP contribution in [-0.4, -0.2) is 38.9 Å².